The third-order valence-electron chi connectivity index (χ3n) is 5.59. The number of hydrogen-bond donors (Lipinski definition) is 1. The number of hydrazone groups is 1. The van der Waals surface area contributed by atoms with Crippen molar-refractivity contribution in [2.45, 2.75) is 51.4 Å². The van der Waals surface area contributed by atoms with Crippen LogP contribution in [0.5, 0.6) is 0 Å². The predicted molar refractivity (Wildman–Crippen MR) is 114 cm³/mol. The minimum atomic E-state index is -0.620. The molecular weight excluding hydrogens is 370 g/mol. The average Bonchev–Trinajstić information content (AvgIpc) is 2.84. The maximum Gasteiger partial charge on any atom is 0.237 e. The van der Waals surface area contributed by atoms with Crippen molar-refractivity contribution in [1.82, 2.24) is 0 Å². The second-order valence-corrected chi connectivity index (χ2v) is 8.07. The summed E-state index contributed by atoms with van der Waals surface area (Å²) >= 11 is 0. The first kappa shape index (κ1) is 21.5. The van der Waals surface area contributed by atoms with Crippen LogP contribution in [0, 0.1) is 0 Å². The lowest BCUT2D eigenvalue weighted by Gasteiger charge is -2.20. The van der Waals surface area contributed by atoms with Gasteiger partial charge >= 0.3 is 0 Å². The van der Waals surface area contributed by atoms with E-state index in [1.165, 1.54) is 0 Å². The molecule has 1 amide bonds. The molecule has 1 N–H and O–H groups in total. The molecule has 29 heavy (non-hydrogen) atoms. The molecule has 3 rings (SSSR count). The molecule has 0 spiro atoms. The second-order valence-electron chi connectivity index (χ2n) is 8.07. The number of carbonyl (C=O) groups is 2. The van der Waals surface area contributed by atoms with Gasteiger partial charge in [-0.05, 0) is 56.9 Å². The van der Waals surface area contributed by atoms with Crippen LogP contribution in [-0.4, -0.2) is 50.9 Å². The van der Waals surface area contributed by atoms with E-state index < -0.39 is 5.41 Å². The Balaban J connectivity index is 1.72. The van der Waals surface area contributed by atoms with Crippen LogP contribution in [0.2, 0.25) is 0 Å². The molecule has 1 saturated carbocycles. The summed E-state index contributed by atoms with van der Waals surface area (Å²) in [5.74, 6) is 0.191. The first-order valence-corrected chi connectivity index (χ1v) is 10.3. The van der Waals surface area contributed by atoms with Gasteiger partial charge in [-0.2, -0.15) is 5.10 Å². The number of nitrogens with zero attached hydrogens (tertiary/aromatic N) is 2. The van der Waals surface area contributed by atoms with E-state index in [1.54, 1.807) is 12.0 Å². The van der Waals surface area contributed by atoms with Gasteiger partial charge in [0.1, 0.15) is 5.71 Å². The summed E-state index contributed by atoms with van der Waals surface area (Å²) < 4.78 is 10.5. The van der Waals surface area contributed by atoms with Crippen LogP contribution < -0.4 is 10.3 Å². The summed E-state index contributed by atoms with van der Waals surface area (Å²) in [6.07, 6.45) is 4.31. The van der Waals surface area contributed by atoms with Gasteiger partial charge in [0.2, 0.25) is 5.91 Å². The monoisotopic (exact) mass is 401 g/mol. The Hall–Kier alpha value is -2.25. The molecule has 158 valence electrons. The van der Waals surface area contributed by atoms with E-state index in [9.17, 15) is 9.59 Å². The molecule has 0 aromatic heterocycles. The van der Waals surface area contributed by atoms with E-state index in [2.05, 4.69) is 10.5 Å². The number of anilines is 2. The first-order chi connectivity index (χ1) is 13.9. The molecule has 1 aromatic rings. The van der Waals surface area contributed by atoms with Crippen molar-refractivity contribution in [1.29, 1.82) is 0 Å². The Kier molecular flexibility index (Phi) is 7.03. The molecule has 1 fully saturated rings. The lowest BCUT2D eigenvalue weighted by Crippen LogP contribution is -2.38. The fraction of sp³-hybridized carbons (Fsp3) is 0.591. The Morgan fingerprint density at radius 3 is 2.69 bits per heavy atom. The number of nitrogens with one attached hydrogen (secondary N) is 1. The van der Waals surface area contributed by atoms with E-state index in [0.29, 0.717) is 38.5 Å². The fourth-order valence-electron chi connectivity index (χ4n) is 3.81. The highest BCUT2D eigenvalue weighted by molar-refractivity contribution is 6.40. The lowest BCUT2D eigenvalue weighted by atomic mass is 9.86. The van der Waals surface area contributed by atoms with Gasteiger partial charge in [0.25, 0.3) is 0 Å². The van der Waals surface area contributed by atoms with Crippen molar-refractivity contribution >= 4 is 28.8 Å². The molecule has 0 atom stereocenters. The summed E-state index contributed by atoms with van der Waals surface area (Å²) in [4.78, 5) is 26.9. The number of rotatable bonds is 8. The zero-order chi connectivity index (χ0) is 20.9. The minimum absolute atomic E-state index is 0.0604. The van der Waals surface area contributed by atoms with Crippen molar-refractivity contribution in [2.24, 2.45) is 5.10 Å². The van der Waals surface area contributed by atoms with Crippen molar-refractivity contribution in [2.75, 3.05) is 43.8 Å². The zero-order valence-electron chi connectivity index (χ0n) is 17.6. The molecule has 7 nitrogen and oxygen atoms in total. The molecule has 0 radical (unpaired) electrons. The average molecular weight is 402 g/mol. The third-order valence-corrected chi connectivity index (χ3v) is 5.59. The Labute approximate surface area is 172 Å². The van der Waals surface area contributed by atoms with Crippen LogP contribution in [0.15, 0.2) is 23.3 Å². The first-order valence-electron chi connectivity index (χ1n) is 10.3. The van der Waals surface area contributed by atoms with Gasteiger partial charge in [-0.3, -0.25) is 15.0 Å². The quantitative estimate of drug-likeness (QED) is 0.411. The highest BCUT2D eigenvalue weighted by Crippen LogP contribution is 2.42. The second kappa shape index (κ2) is 9.50. The number of methoxy groups -OCH3 is 1. The Morgan fingerprint density at radius 1 is 1.10 bits per heavy atom. The van der Waals surface area contributed by atoms with E-state index in [4.69, 9.17) is 9.47 Å². The molecular formula is C22H31N3O4. The Bertz CT molecular complexity index is 788. The summed E-state index contributed by atoms with van der Waals surface area (Å²) in [5.41, 5.74) is 5.68. The van der Waals surface area contributed by atoms with Crippen molar-refractivity contribution in [3.63, 3.8) is 0 Å². The summed E-state index contributed by atoms with van der Waals surface area (Å²) in [6, 6.07) is 5.80. The van der Waals surface area contributed by atoms with Gasteiger partial charge in [-0.1, -0.05) is 6.42 Å². The van der Waals surface area contributed by atoms with Crippen molar-refractivity contribution in [3.05, 3.63) is 23.8 Å². The van der Waals surface area contributed by atoms with Crippen LogP contribution >= 0.6 is 0 Å². The van der Waals surface area contributed by atoms with Gasteiger partial charge in [-0.25, -0.2) is 0 Å². The van der Waals surface area contributed by atoms with Gasteiger partial charge in [0, 0.05) is 25.8 Å². The highest BCUT2D eigenvalue weighted by Gasteiger charge is 2.43. The topological polar surface area (TPSA) is 80.2 Å². The largest absolute Gasteiger partial charge is 0.382 e. The van der Waals surface area contributed by atoms with Crippen molar-refractivity contribution < 1.29 is 19.1 Å². The molecule has 2 aliphatic rings. The predicted octanol–water partition coefficient (Wildman–Crippen LogP) is 3.27. The number of fused-ring (bicyclic) bond motifs is 1. The maximum atomic E-state index is 13.0. The van der Waals surface area contributed by atoms with Gasteiger partial charge in [-0.15, -0.1) is 0 Å². The molecule has 1 aliphatic carbocycles. The van der Waals surface area contributed by atoms with Crippen molar-refractivity contribution in [3.8, 4) is 0 Å². The zero-order valence-corrected chi connectivity index (χ0v) is 17.6. The smallest absolute Gasteiger partial charge is 0.237 e. The molecule has 0 unspecified atom stereocenters. The van der Waals surface area contributed by atoms with E-state index in [-0.39, 0.29) is 11.7 Å². The molecule has 0 saturated heterocycles. The molecule has 0 bridgehead atoms. The lowest BCUT2D eigenvalue weighted by molar-refractivity contribution is -0.122. The minimum Gasteiger partial charge on any atom is -0.382 e. The molecule has 1 aromatic carbocycles. The molecule has 7 heteroatoms. The number of hydrogen-bond acceptors (Lipinski definition) is 6. The number of amides is 1. The summed E-state index contributed by atoms with van der Waals surface area (Å²) in [7, 11) is 1.63. The van der Waals surface area contributed by atoms with Crippen LogP contribution in [0.3, 0.4) is 0 Å². The van der Waals surface area contributed by atoms with Gasteiger partial charge < -0.3 is 14.4 Å². The maximum absolute atomic E-state index is 13.0. The standard InChI is InChI=1S/C22H31N3O4/c1-22(2)17-15-16(23-24-18-7-5-4-6-8-20(18)26)9-10-19(17)25(21(22)27)11-12-29-14-13-28-3/h9-10,15,23H,4-8,11-14H2,1-3H3/b24-18+. The third kappa shape index (κ3) is 4.85. The van der Waals surface area contributed by atoms with E-state index in [1.807, 2.05) is 32.0 Å². The SMILES string of the molecule is COCCOCCN1C(=O)C(C)(C)c2cc(N/N=C3\CCCCCC3=O)ccc21. The number of ketones is 1. The normalized spacial score (nSPS) is 20.1. The number of ether oxygens (including phenoxy) is 2. The number of carbonyl (C=O) groups excluding carboxylic acids is 2. The highest BCUT2D eigenvalue weighted by atomic mass is 16.5. The molecule has 1 heterocycles. The van der Waals surface area contributed by atoms with E-state index >= 15 is 0 Å². The van der Waals surface area contributed by atoms with Gasteiger partial charge in [0.05, 0.1) is 30.9 Å². The summed E-state index contributed by atoms with van der Waals surface area (Å²) in [6.45, 7) is 5.88. The van der Waals surface area contributed by atoms with Crippen LogP contribution in [0.1, 0.15) is 51.5 Å². The van der Waals surface area contributed by atoms with Crippen LogP contribution in [-0.2, 0) is 24.5 Å². The van der Waals surface area contributed by atoms with E-state index in [0.717, 1.165) is 42.6 Å². The Morgan fingerprint density at radius 2 is 1.90 bits per heavy atom. The number of Topliss-reactive ketones (excluding diaryl/α,β-unsaturated/α-hetero) is 1. The fourth-order valence-corrected chi connectivity index (χ4v) is 3.81. The summed E-state index contributed by atoms with van der Waals surface area (Å²) in [5, 5.41) is 4.37. The van der Waals surface area contributed by atoms with Crippen LogP contribution in [0.4, 0.5) is 11.4 Å². The van der Waals surface area contributed by atoms with Gasteiger partial charge in [0.15, 0.2) is 5.78 Å². The molecule has 1 aliphatic heterocycles. The number of benzene rings is 1. The van der Waals surface area contributed by atoms with Crippen LogP contribution in [0.25, 0.3) is 0 Å².